The number of ketones is 1. The minimum absolute atomic E-state index is 0.00556. The molecular weight excluding hydrogens is 410 g/mol. The molecule has 3 atom stereocenters. The van der Waals surface area contributed by atoms with Gasteiger partial charge in [0.2, 0.25) is 0 Å². The molecule has 0 aromatic heterocycles. The highest BCUT2D eigenvalue weighted by atomic mass is 16.2. The summed E-state index contributed by atoms with van der Waals surface area (Å²) in [4.78, 5) is 33.5. The Morgan fingerprint density at radius 1 is 0.970 bits per heavy atom. The van der Waals surface area contributed by atoms with Gasteiger partial charge in [-0.25, -0.2) is 4.79 Å². The van der Waals surface area contributed by atoms with Crippen LogP contribution in [0.2, 0.25) is 0 Å². The van der Waals surface area contributed by atoms with E-state index in [4.69, 9.17) is 0 Å². The van der Waals surface area contributed by atoms with Gasteiger partial charge in [0.1, 0.15) is 0 Å². The zero-order valence-electron chi connectivity index (χ0n) is 20.0. The van der Waals surface area contributed by atoms with E-state index in [0.717, 1.165) is 40.2 Å². The molecule has 5 nitrogen and oxygen atoms in total. The van der Waals surface area contributed by atoms with Crippen molar-refractivity contribution < 1.29 is 9.59 Å². The monoisotopic (exact) mass is 441 g/mol. The molecule has 1 saturated heterocycles. The molecule has 0 N–H and O–H groups in total. The van der Waals surface area contributed by atoms with Gasteiger partial charge in [-0.1, -0.05) is 61.9 Å². The minimum atomic E-state index is -0.814. The Kier molecular flexibility index (Phi) is 4.96. The van der Waals surface area contributed by atoms with Crippen molar-refractivity contribution in [2.45, 2.75) is 51.1 Å². The number of benzene rings is 2. The number of allylic oxidation sites excluding steroid dienone is 3. The first kappa shape index (κ1) is 21.5. The number of hydrogen-bond acceptors (Lipinski definition) is 3. The second-order valence-electron chi connectivity index (χ2n) is 9.54. The van der Waals surface area contributed by atoms with Gasteiger partial charge in [-0.2, -0.15) is 0 Å². The van der Waals surface area contributed by atoms with Crippen LogP contribution in [0.1, 0.15) is 50.8 Å². The summed E-state index contributed by atoms with van der Waals surface area (Å²) in [7, 11) is 3.88. The lowest BCUT2D eigenvalue weighted by Crippen LogP contribution is -2.43. The maximum absolute atomic E-state index is 13.9. The Bertz CT molecular complexity index is 1200. The number of carbonyl (C=O) groups is 2. The smallest absolute Gasteiger partial charge is 0.325 e. The van der Waals surface area contributed by atoms with Crippen LogP contribution in [0.15, 0.2) is 77.6 Å². The number of anilines is 1. The second kappa shape index (κ2) is 7.62. The molecule has 2 aromatic carbocycles. The molecule has 2 heterocycles. The van der Waals surface area contributed by atoms with Gasteiger partial charge in [-0.3, -0.25) is 9.69 Å². The van der Waals surface area contributed by atoms with Crippen molar-refractivity contribution in [3.8, 4) is 0 Å². The molecule has 3 aliphatic rings. The van der Waals surface area contributed by atoms with Gasteiger partial charge in [0.15, 0.2) is 5.78 Å². The summed E-state index contributed by atoms with van der Waals surface area (Å²) in [5.41, 5.74) is 4.85. The van der Waals surface area contributed by atoms with Crippen molar-refractivity contribution in [1.29, 1.82) is 0 Å². The highest BCUT2D eigenvalue weighted by Gasteiger charge is 2.55. The summed E-state index contributed by atoms with van der Waals surface area (Å²) >= 11 is 0. The van der Waals surface area contributed by atoms with E-state index >= 15 is 0 Å². The fraction of sp³-hybridized carbons (Fsp3) is 0.357. The average Bonchev–Trinajstić information content (AvgIpc) is 3.20. The molecule has 5 rings (SSSR count). The Morgan fingerprint density at radius 2 is 1.64 bits per heavy atom. The van der Waals surface area contributed by atoms with E-state index in [1.165, 1.54) is 0 Å². The van der Waals surface area contributed by atoms with Gasteiger partial charge in [-0.15, -0.1) is 0 Å². The van der Waals surface area contributed by atoms with Crippen LogP contribution in [0.25, 0.3) is 0 Å². The van der Waals surface area contributed by atoms with E-state index in [-0.39, 0.29) is 23.9 Å². The first-order valence-corrected chi connectivity index (χ1v) is 11.8. The molecule has 0 bridgehead atoms. The summed E-state index contributed by atoms with van der Waals surface area (Å²) in [6.45, 7) is 6.21. The number of likely N-dealkylation sites (N-methyl/N-ethyl adjacent to an activating group) is 2. The summed E-state index contributed by atoms with van der Waals surface area (Å²) in [6, 6.07) is 18.1. The summed E-state index contributed by atoms with van der Waals surface area (Å²) in [5, 5.41) is 0. The van der Waals surface area contributed by atoms with Crippen molar-refractivity contribution >= 4 is 17.5 Å². The number of hydrogen-bond donors (Lipinski definition) is 0. The third-order valence-electron chi connectivity index (χ3n) is 7.69. The molecule has 0 saturated carbocycles. The number of carbonyl (C=O) groups excluding carboxylic acids is 2. The lowest BCUT2D eigenvalue weighted by atomic mass is 9.71. The van der Waals surface area contributed by atoms with Crippen LogP contribution in [0, 0.1) is 0 Å². The van der Waals surface area contributed by atoms with Crippen LogP contribution in [0.4, 0.5) is 10.5 Å². The number of amides is 2. The molecule has 1 fully saturated rings. The lowest BCUT2D eigenvalue weighted by Gasteiger charge is -2.38. The molecule has 0 unspecified atom stereocenters. The second-order valence-corrected chi connectivity index (χ2v) is 9.54. The van der Waals surface area contributed by atoms with Crippen LogP contribution in [-0.4, -0.2) is 41.8 Å². The lowest BCUT2D eigenvalue weighted by molar-refractivity contribution is -0.119. The molecule has 1 aliphatic carbocycles. The third kappa shape index (κ3) is 2.84. The summed E-state index contributed by atoms with van der Waals surface area (Å²) < 4.78 is 0. The molecule has 2 amide bonds. The molecule has 2 aliphatic heterocycles. The Morgan fingerprint density at radius 3 is 2.33 bits per heavy atom. The fourth-order valence-electron chi connectivity index (χ4n) is 5.91. The van der Waals surface area contributed by atoms with Crippen LogP contribution < -0.4 is 4.90 Å². The van der Waals surface area contributed by atoms with E-state index in [9.17, 15) is 9.59 Å². The molecule has 0 spiro atoms. The van der Waals surface area contributed by atoms with Crippen LogP contribution in [0.5, 0.6) is 0 Å². The topological polar surface area (TPSA) is 43.9 Å². The molecule has 2 aromatic rings. The standard InChI is InChI=1S/C28H31N3O2/c1-6-12-20-17-23(25-28(3,26(20)32)21-15-10-11-16-22(21)30(25)5)31-24(18(2)29(4)27(31)33)19-13-8-7-9-14-19/h7-11,13-18,24H,6,12H2,1-5H3/t18-,24-,28-/m0/s1. The zero-order chi connectivity index (χ0) is 23.5. The van der Waals surface area contributed by atoms with E-state index in [1.807, 2.05) is 67.2 Å². The van der Waals surface area contributed by atoms with Gasteiger partial charge in [0, 0.05) is 19.8 Å². The third-order valence-corrected chi connectivity index (χ3v) is 7.69. The SMILES string of the molecule is CCCC1=CC(N2C(=O)N(C)[C@@H](C)[C@H]2c2ccccc2)=C2N(C)c3ccccc3[C@]2(C)C1=O. The van der Waals surface area contributed by atoms with E-state index < -0.39 is 5.41 Å². The minimum Gasteiger partial charge on any atom is -0.345 e. The van der Waals surface area contributed by atoms with E-state index in [2.05, 4.69) is 43.0 Å². The van der Waals surface area contributed by atoms with Crippen LogP contribution >= 0.6 is 0 Å². The predicted molar refractivity (Wildman–Crippen MR) is 131 cm³/mol. The first-order chi connectivity index (χ1) is 15.8. The highest BCUT2D eigenvalue weighted by molar-refractivity contribution is 6.11. The van der Waals surface area contributed by atoms with Gasteiger partial charge < -0.3 is 9.80 Å². The van der Waals surface area contributed by atoms with E-state index in [0.29, 0.717) is 6.42 Å². The first-order valence-electron chi connectivity index (χ1n) is 11.8. The van der Waals surface area contributed by atoms with Gasteiger partial charge in [-0.05, 0) is 49.1 Å². The quantitative estimate of drug-likeness (QED) is 0.637. The van der Waals surface area contributed by atoms with Gasteiger partial charge in [0.05, 0.1) is 28.9 Å². The highest BCUT2D eigenvalue weighted by Crippen LogP contribution is 2.54. The number of Topliss-reactive ketones (excluding diaryl/α,β-unsaturated/α-hetero) is 1. The van der Waals surface area contributed by atoms with Crippen molar-refractivity contribution in [2.75, 3.05) is 19.0 Å². The Balaban J connectivity index is 1.79. The summed E-state index contributed by atoms with van der Waals surface area (Å²) in [6.07, 6.45) is 3.56. The molecular formula is C28H31N3O2. The van der Waals surface area contributed by atoms with Gasteiger partial charge in [0.25, 0.3) is 0 Å². The number of nitrogens with zero attached hydrogens (tertiary/aromatic N) is 3. The fourth-order valence-corrected chi connectivity index (χ4v) is 5.91. The summed E-state index contributed by atoms with van der Waals surface area (Å²) in [5.74, 6) is 0.143. The Hall–Kier alpha value is -3.34. The maximum atomic E-state index is 13.9. The number of urea groups is 1. The van der Waals surface area contributed by atoms with Gasteiger partial charge >= 0.3 is 6.03 Å². The van der Waals surface area contributed by atoms with Crippen molar-refractivity contribution in [1.82, 2.24) is 9.80 Å². The van der Waals surface area contributed by atoms with Crippen molar-refractivity contribution in [2.24, 2.45) is 0 Å². The van der Waals surface area contributed by atoms with Crippen molar-refractivity contribution in [3.63, 3.8) is 0 Å². The molecule has 170 valence electrons. The zero-order valence-corrected chi connectivity index (χ0v) is 20.0. The van der Waals surface area contributed by atoms with Crippen molar-refractivity contribution in [3.05, 3.63) is 88.8 Å². The van der Waals surface area contributed by atoms with Crippen LogP contribution in [0.3, 0.4) is 0 Å². The number of fused-ring (bicyclic) bond motifs is 3. The molecule has 33 heavy (non-hydrogen) atoms. The largest absolute Gasteiger partial charge is 0.345 e. The molecule has 0 radical (unpaired) electrons. The average molecular weight is 442 g/mol. The maximum Gasteiger partial charge on any atom is 0.325 e. The Labute approximate surface area is 196 Å². The predicted octanol–water partition coefficient (Wildman–Crippen LogP) is 5.41. The molecule has 5 heteroatoms. The normalized spacial score (nSPS) is 26.7. The number of rotatable bonds is 4. The number of para-hydroxylation sites is 1. The van der Waals surface area contributed by atoms with Crippen LogP contribution in [-0.2, 0) is 10.2 Å². The van der Waals surface area contributed by atoms with E-state index in [1.54, 1.807) is 0 Å².